The van der Waals surface area contributed by atoms with E-state index in [0.717, 1.165) is 11.3 Å². The van der Waals surface area contributed by atoms with Crippen molar-refractivity contribution >= 4 is 17.7 Å². The van der Waals surface area contributed by atoms with Crippen LogP contribution >= 0.6 is 0 Å². The molecule has 2 aliphatic heterocycles. The summed E-state index contributed by atoms with van der Waals surface area (Å²) in [7, 11) is 3.39. The summed E-state index contributed by atoms with van der Waals surface area (Å²) < 4.78 is 0. The van der Waals surface area contributed by atoms with E-state index in [-0.39, 0.29) is 36.5 Å². The molecule has 0 aliphatic carbocycles. The van der Waals surface area contributed by atoms with Gasteiger partial charge in [0, 0.05) is 38.9 Å². The highest BCUT2D eigenvalue weighted by molar-refractivity contribution is 5.98. The van der Waals surface area contributed by atoms with Gasteiger partial charge >= 0.3 is 0 Å². The maximum Gasteiger partial charge on any atom is 0.274 e. The first-order valence-electron chi connectivity index (χ1n) is 10.0. The van der Waals surface area contributed by atoms with Crippen molar-refractivity contribution in [2.45, 2.75) is 25.3 Å². The highest BCUT2D eigenvalue weighted by Gasteiger charge is 2.53. The minimum atomic E-state index is -0.828. The molecule has 4 rings (SSSR count). The molecule has 2 aromatic rings. The smallest absolute Gasteiger partial charge is 0.274 e. The van der Waals surface area contributed by atoms with Gasteiger partial charge in [0.2, 0.25) is 5.91 Å². The third-order valence-corrected chi connectivity index (χ3v) is 6.03. The second-order valence-electron chi connectivity index (χ2n) is 8.28. The Labute approximate surface area is 175 Å². The van der Waals surface area contributed by atoms with Crippen molar-refractivity contribution in [1.82, 2.24) is 25.1 Å². The van der Waals surface area contributed by atoms with E-state index in [1.54, 1.807) is 38.2 Å². The Morgan fingerprint density at radius 2 is 1.97 bits per heavy atom. The highest BCUT2D eigenvalue weighted by Crippen LogP contribution is 2.36. The van der Waals surface area contributed by atoms with Crippen molar-refractivity contribution in [2.75, 3.05) is 27.2 Å². The summed E-state index contributed by atoms with van der Waals surface area (Å²) in [6.45, 7) is 2.28. The Morgan fingerprint density at radius 3 is 2.67 bits per heavy atom. The van der Waals surface area contributed by atoms with Crippen LogP contribution in [-0.2, 0) is 11.2 Å². The maximum atomic E-state index is 13.1. The number of likely N-dealkylation sites (tertiary alicyclic amines) is 1. The second-order valence-corrected chi connectivity index (χ2v) is 8.28. The molecule has 1 saturated heterocycles. The lowest BCUT2D eigenvalue weighted by Crippen LogP contribution is -2.57. The third-order valence-electron chi connectivity index (χ3n) is 6.03. The molecule has 2 aliphatic rings. The van der Waals surface area contributed by atoms with Crippen LogP contribution < -0.4 is 5.32 Å². The number of hydrogen-bond acceptors (Lipinski definition) is 5. The van der Waals surface area contributed by atoms with Gasteiger partial charge in [-0.05, 0) is 31.4 Å². The van der Waals surface area contributed by atoms with Gasteiger partial charge in [-0.25, -0.2) is 4.98 Å². The van der Waals surface area contributed by atoms with Crippen LogP contribution in [0.1, 0.15) is 38.5 Å². The number of aromatic nitrogens is 2. The van der Waals surface area contributed by atoms with Crippen LogP contribution in [0.5, 0.6) is 0 Å². The number of carbonyl (C=O) groups excluding carboxylic acids is 3. The van der Waals surface area contributed by atoms with Crippen LogP contribution in [0.15, 0.2) is 36.7 Å². The molecule has 0 unspecified atom stereocenters. The zero-order valence-corrected chi connectivity index (χ0v) is 17.4. The van der Waals surface area contributed by atoms with Gasteiger partial charge in [0.15, 0.2) is 0 Å². The Morgan fingerprint density at radius 1 is 1.20 bits per heavy atom. The first-order valence-corrected chi connectivity index (χ1v) is 10.0. The number of fused-ring (bicyclic) bond motifs is 1. The van der Waals surface area contributed by atoms with Crippen molar-refractivity contribution in [3.63, 3.8) is 0 Å². The number of benzene rings is 1. The first-order chi connectivity index (χ1) is 14.3. The van der Waals surface area contributed by atoms with Gasteiger partial charge in [0.1, 0.15) is 5.69 Å². The topological polar surface area (TPSA) is 95.5 Å². The van der Waals surface area contributed by atoms with Gasteiger partial charge in [0.25, 0.3) is 11.8 Å². The van der Waals surface area contributed by atoms with Crippen molar-refractivity contribution in [3.05, 3.63) is 59.2 Å². The van der Waals surface area contributed by atoms with Gasteiger partial charge in [-0.3, -0.25) is 19.4 Å². The molecule has 8 nitrogen and oxygen atoms in total. The molecule has 1 aromatic heterocycles. The molecule has 1 aromatic carbocycles. The molecule has 1 spiro atoms. The molecule has 3 amide bonds. The Balaban J connectivity index is 1.68. The van der Waals surface area contributed by atoms with Gasteiger partial charge < -0.3 is 15.1 Å². The Kier molecular flexibility index (Phi) is 5.01. The molecule has 156 valence electrons. The standard InChI is InChI=1S/C22H25N5O3/c1-14-10-24-18(11-23-14)21(30)27-12-17(20(29)26(2)3)22(13-27)9-8-15-6-4-5-7-16(15)19(28)25-22/h4-7,10-11,17H,8-9,12-13H2,1-3H3,(H,25,28)/t17-,22+/m1/s1. The molecule has 8 heteroatoms. The summed E-state index contributed by atoms with van der Waals surface area (Å²) in [6, 6.07) is 7.48. The predicted octanol–water partition coefficient (Wildman–Crippen LogP) is 1.06. The number of nitrogens with one attached hydrogen (secondary N) is 1. The molecule has 0 bridgehead atoms. The van der Waals surface area contributed by atoms with E-state index in [9.17, 15) is 14.4 Å². The lowest BCUT2D eigenvalue weighted by atomic mass is 9.81. The van der Waals surface area contributed by atoms with Crippen LogP contribution in [0.4, 0.5) is 0 Å². The number of aryl methyl sites for hydroxylation is 2. The Bertz CT molecular complexity index is 1000. The fourth-order valence-corrected chi connectivity index (χ4v) is 4.41. The van der Waals surface area contributed by atoms with E-state index in [1.165, 1.54) is 11.1 Å². The highest BCUT2D eigenvalue weighted by atomic mass is 16.2. The largest absolute Gasteiger partial charge is 0.348 e. The fraction of sp³-hybridized carbons (Fsp3) is 0.409. The van der Waals surface area contributed by atoms with Gasteiger partial charge in [-0.1, -0.05) is 18.2 Å². The summed E-state index contributed by atoms with van der Waals surface area (Å²) in [5.41, 5.74) is 1.71. The maximum absolute atomic E-state index is 13.1. The molecule has 2 atom stereocenters. The van der Waals surface area contributed by atoms with E-state index in [1.807, 2.05) is 18.2 Å². The molecule has 0 radical (unpaired) electrons. The normalized spacial score (nSPS) is 23.0. The predicted molar refractivity (Wildman–Crippen MR) is 110 cm³/mol. The molecule has 30 heavy (non-hydrogen) atoms. The molecule has 1 fully saturated rings. The number of nitrogens with zero attached hydrogens (tertiary/aromatic N) is 4. The monoisotopic (exact) mass is 407 g/mol. The van der Waals surface area contributed by atoms with Crippen LogP contribution in [0.2, 0.25) is 0 Å². The summed E-state index contributed by atoms with van der Waals surface area (Å²) in [5, 5.41) is 3.13. The van der Waals surface area contributed by atoms with Crippen LogP contribution in [0.3, 0.4) is 0 Å². The SMILES string of the molecule is Cc1cnc(C(=O)N2C[C@H](C(=O)N(C)C)[C@]3(CCc4ccccc4C(=O)N3)C2)cn1. The second kappa shape index (κ2) is 7.51. The zero-order valence-electron chi connectivity index (χ0n) is 17.4. The molecule has 1 N–H and O–H groups in total. The molecular formula is C22H25N5O3. The van der Waals surface area contributed by atoms with Gasteiger partial charge in [0.05, 0.1) is 23.3 Å². The number of carbonyl (C=O) groups is 3. The fourth-order valence-electron chi connectivity index (χ4n) is 4.41. The quantitative estimate of drug-likeness (QED) is 0.803. The van der Waals surface area contributed by atoms with Gasteiger partial charge in [-0.15, -0.1) is 0 Å². The number of rotatable bonds is 2. The van der Waals surface area contributed by atoms with E-state index >= 15 is 0 Å². The summed E-state index contributed by atoms with van der Waals surface area (Å²) >= 11 is 0. The van der Waals surface area contributed by atoms with Crippen LogP contribution in [0.25, 0.3) is 0 Å². The third kappa shape index (κ3) is 3.42. The van der Waals surface area contributed by atoms with Crippen molar-refractivity contribution in [3.8, 4) is 0 Å². The molecule has 3 heterocycles. The zero-order chi connectivity index (χ0) is 21.5. The summed E-state index contributed by atoms with van der Waals surface area (Å²) in [6.07, 6.45) is 4.22. The minimum Gasteiger partial charge on any atom is -0.348 e. The number of amides is 3. The minimum absolute atomic E-state index is 0.105. The van der Waals surface area contributed by atoms with Crippen molar-refractivity contribution in [2.24, 2.45) is 5.92 Å². The number of hydrogen-bond donors (Lipinski definition) is 1. The lowest BCUT2D eigenvalue weighted by Gasteiger charge is -2.34. The molecule has 0 saturated carbocycles. The van der Waals surface area contributed by atoms with Crippen molar-refractivity contribution < 1.29 is 14.4 Å². The Hall–Kier alpha value is -3.29. The van der Waals surface area contributed by atoms with Gasteiger partial charge in [-0.2, -0.15) is 0 Å². The summed E-state index contributed by atoms with van der Waals surface area (Å²) in [4.78, 5) is 50.7. The van der Waals surface area contributed by atoms with Crippen molar-refractivity contribution in [1.29, 1.82) is 0 Å². The first kappa shape index (κ1) is 20.0. The van der Waals surface area contributed by atoms with Crippen LogP contribution in [-0.4, -0.2) is 70.2 Å². The van der Waals surface area contributed by atoms with E-state index in [0.29, 0.717) is 18.4 Å². The lowest BCUT2D eigenvalue weighted by molar-refractivity contribution is -0.134. The van der Waals surface area contributed by atoms with E-state index in [2.05, 4.69) is 15.3 Å². The average Bonchev–Trinajstić information content (AvgIpc) is 3.03. The molecular weight excluding hydrogens is 382 g/mol. The average molecular weight is 407 g/mol. The van der Waals surface area contributed by atoms with Crippen LogP contribution in [0, 0.1) is 12.8 Å². The van der Waals surface area contributed by atoms with E-state index < -0.39 is 11.5 Å². The summed E-state index contributed by atoms with van der Waals surface area (Å²) in [5.74, 6) is -1.13. The van der Waals surface area contributed by atoms with E-state index in [4.69, 9.17) is 0 Å².